The lowest BCUT2D eigenvalue weighted by Crippen LogP contribution is -2.35. The summed E-state index contributed by atoms with van der Waals surface area (Å²) in [6.45, 7) is 7.08. The molecule has 1 amide bonds. The van der Waals surface area contributed by atoms with Gasteiger partial charge in [0.2, 0.25) is 0 Å². The Morgan fingerprint density at radius 2 is 2.05 bits per heavy atom. The molecular formula is C16H22N4O2. The Morgan fingerprint density at radius 1 is 1.36 bits per heavy atom. The molecule has 1 saturated heterocycles. The predicted molar refractivity (Wildman–Crippen MR) is 84.5 cm³/mol. The van der Waals surface area contributed by atoms with Crippen LogP contribution in [0.5, 0.6) is 0 Å². The lowest BCUT2D eigenvalue weighted by Gasteiger charge is -2.24. The van der Waals surface area contributed by atoms with Crippen molar-refractivity contribution >= 4 is 6.09 Å². The van der Waals surface area contributed by atoms with Crippen LogP contribution in [0.4, 0.5) is 4.79 Å². The van der Waals surface area contributed by atoms with Gasteiger partial charge in [-0.2, -0.15) is 0 Å². The van der Waals surface area contributed by atoms with E-state index in [-0.39, 0.29) is 17.9 Å². The minimum atomic E-state index is -0.512. The van der Waals surface area contributed by atoms with E-state index in [0.29, 0.717) is 19.6 Å². The van der Waals surface area contributed by atoms with Crippen LogP contribution in [-0.2, 0) is 4.74 Å². The molecule has 1 aromatic carbocycles. The number of carbonyl (C=O) groups excluding carboxylic acids is 1. The average molecular weight is 302 g/mol. The van der Waals surface area contributed by atoms with Crippen LogP contribution < -0.4 is 0 Å². The zero-order valence-electron chi connectivity index (χ0n) is 13.3. The van der Waals surface area contributed by atoms with Gasteiger partial charge in [0.25, 0.3) is 0 Å². The van der Waals surface area contributed by atoms with Gasteiger partial charge in [0.15, 0.2) is 0 Å². The number of carbonyl (C=O) groups is 1. The van der Waals surface area contributed by atoms with Crippen molar-refractivity contribution in [1.29, 1.82) is 0 Å². The molecule has 2 atom stereocenters. The zero-order chi connectivity index (χ0) is 16.2. The molecule has 6 nitrogen and oxygen atoms in total. The molecule has 0 N–H and O–H groups in total. The largest absolute Gasteiger partial charge is 0.444 e. The lowest BCUT2D eigenvalue weighted by atomic mass is 9.89. The van der Waals surface area contributed by atoms with Gasteiger partial charge in [-0.1, -0.05) is 35.4 Å². The highest BCUT2D eigenvalue weighted by Gasteiger charge is 2.37. The number of rotatable bonds is 3. The topological polar surface area (TPSA) is 78.3 Å². The van der Waals surface area contributed by atoms with Gasteiger partial charge >= 0.3 is 6.09 Å². The van der Waals surface area contributed by atoms with Crippen LogP contribution in [0.25, 0.3) is 10.4 Å². The first-order valence-corrected chi connectivity index (χ1v) is 7.44. The van der Waals surface area contributed by atoms with Gasteiger partial charge in [0, 0.05) is 30.5 Å². The Kier molecular flexibility index (Phi) is 4.93. The van der Waals surface area contributed by atoms with Crippen molar-refractivity contribution in [3.63, 3.8) is 0 Å². The molecule has 1 aliphatic heterocycles. The summed E-state index contributed by atoms with van der Waals surface area (Å²) in [5.41, 5.74) is 9.21. The summed E-state index contributed by atoms with van der Waals surface area (Å²) in [7, 11) is 0. The second-order valence-corrected chi connectivity index (χ2v) is 6.58. The first kappa shape index (κ1) is 16.2. The highest BCUT2D eigenvalue weighted by atomic mass is 16.6. The van der Waals surface area contributed by atoms with Crippen molar-refractivity contribution < 1.29 is 9.53 Å². The number of hydrogen-bond acceptors (Lipinski definition) is 3. The summed E-state index contributed by atoms with van der Waals surface area (Å²) in [5.74, 6) is 0.282. The molecule has 0 radical (unpaired) electrons. The smallest absolute Gasteiger partial charge is 0.410 e. The number of amides is 1. The number of benzene rings is 1. The maximum Gasteiger partial charge on any atom is 0.410 e. The number of ether oxygens (including phenoxy) is 1. The molecule has 0 aliphatic carbocycles. The van der Waals surface area contributed by atoms with Gasteiger partial charge in [-0.3, -0.25) is 0 Å². The molecule has 22 heavy (non-hydrogen) atoms. The molecule has 118 valence electrons. The van der Waals surface area contributed by atoms with Crippen molar-refractivity contribution in [1.82, 2.24) is 4.90 Å². The third-order valence-corrected chi connectivity index (χ3v) is 3.70. The monoisotopic (exact) mass is 302 g/mol. The minimum Gasteiger partial charge on any atom is -0.444 e. The second-order valence-electron chi connectivity index (χ2n) is 6.58. The fourth-order valence-corrected chi connectivity index (χ4v) is 2.75. The van der Waals surface area contributed by atoms with Crippen molar-refractivity contribution in [2.45, 2.75) is 32.3 Å². The van der Waals surface area contributed by atoms with Crippen LogP contribution in [0.2, 0.25) is 0 Å². The fraction of sp³-hybridized carbons (Fsp3) is 0.562. The minimum absolute atomic E-state index is 0.116. The Morgan fingerprint density at radius 3 is 2.64 bits per heavy atom. The van der Waals surface area contributed by atoms with Gasteiger partial charge in [-0.25, -0.2) is 4.79 Å². The molecule has 1 aromatic rings. The maximum atomic E-state index is 12.3. The first-order valence-electron chi connectivity index (χ1n) is 7.44. The molecular weight excluding hydrogens is 280 g/mol. The molecule has 0 saturated carbocycles. The second kappa shape index (κ2) is 6.71. The molecule has 0 bridgehead atoms. The summed E-state index contributed by atoms with van der Waals surface area (Å²) in [6.07, 6.45) is -0.308. The first-order chi connectivity index (χ1) is 10.4. The van der Waals surface area contributed by atoms with Crippen LogP contribution in [0, 0.1) is 5.92 Å². The summed E-state index contributed by atoms with van der Waals surface area (Å²) < 4.78 is 5.44. The highest BCUT2D eigenvalue weighted by molar-refractivity contribution is 5.68. The van der Waals surface area contributed by atoms with Crippen LogP contribution in [0.3, 0.4) is 0 Å². The molecule has 0 spiro atoms. The molecule has 1 aliphatic rings. The lowest BCUT2D eigenvalue weighted by molar-refractivity contribution is 0.0287. The number of nitrogens with zero attached hydrogens (tertiary/aromatic N) is 4. The quantitative estimate of drug-likeness (QED) is 0.481. The number of azide groups is 1. The third kappa shape index (κ3) is 4.15. The Balaban J connectivity index is 2.14. The van der Waals surface area contributed by atoms with E-state index in [0.717, 1.165) is 5.56 Å². The van der Waals surface area contributed by atoms with Crippen molar-refractivity contribution in [2.75, 3.05) is 19.6 Å². The number of hydrogen-bond donors (Lipinski definition) is 0. The summed E-state index contributed by atoms with van der Waals surface area (Å²) in [4.78, 5) is 16.8. The van der Waals surface area contributed by atoms with Gasteiger partial charge in [0.05, 0.1) is 0 Å². The normalized spacial score (nSPS) is 21.3. The summed E-state index contributed by atoms with van der Waals surface area (Å²) >= 11 is 0. The van der Waals surface area contributed by atoms with Crippen LogP contribution in [-0.4, -0.2) is 36.2 Å². The van der Waals surface area contributed by atoms with Crippen LogP contribution in [0.15, 0.2) is 35.4 Å². The fourth-order valence-electron chi connectivity index (χ4n) is 2.75. The Bertz CT molecular complexity index is 561. The van der Waals surface area contributed by atoms with Gasteiger partial charge in [0.1, 0.15) is 5.60 Å². The molecule has 1 fully saturated rings. The maximum absolute atomic E-state index is 12.3. The molecule has 6 heteroatoms. The Labute approximate surface area is 130 Å². The van der Waals surface area contributed by atoms with E-state index < -0.39 is 5.60 Å². The van der Waals surface area contributed by atoms with Crippen LogP contribution in [0.1, 0.15) is 32.3 Å². The van der Waals surface area contributed by atoms with E-state index in [9.17, 15) is 4.79 Å². The zero-order valence-corrected chi connectivity index (χ0v) is 13.3. The summed E-state index contributed by atoms with van der Waals surface area (Å²) in [5, 5.41) is 3.70. The Hall–Kier alpha value is -2.20. The molecule has 2 rings (SSSR count). The van der Waals surface area contributed by atoms with Crippen molar-refractivity contribution in [3.05, 3.63) is 46.3 Å². The average Bonchev–Trinajstić information content (AvgIpc) is 2.88. The standard InChI is InChI=1S/C16H22N4O2/c1-16(2,3)22-15(21)20-10-13(9-18-19-17)14(11-20)12-7-5-4-6-8-12/h4-8,13-14H,9-11H2,1-3H3/t13-,14-/m0/s1. The van der Waals surface area contributed by atoms with E-state index in [4.69, 9.17) is 10.3 Å². The SMILES string of the molecule is CC(C)(C)OC(=O)N1C[C@H](CN=[N+]=[N-])[C@H](c2ccccc2)C1. The molecule has 1 heterocycles. The van der Waals surface area contributed by atoms with Crippen molar-refractivity contribution in [3.8, 4) is 0 Å². The van der Waals surface area contributed by atoms with Crippen LogP contribution >= 0.6 is 0 Å². The van der Waals surface area contributed by atoms with E-state index in [1.807, 2.05) is 51.1 Å². The predicted octanol–water partition coefficient (Wildman–Crippen LogP) is 3.95. The molecule has 0 unspecified atom stereocenters. The molecule has 0 aromatic heterocycles. The summed E-state index contributed by atoms with van der Waals surface area (Å²) in [6, 6.07) is 10.0. The highest BCUT2D eigenvalue weighted by Crippen LogP contribution is 2.33. The van der Waals surface area contributed by atoms with E-state index in [1.165, 1.54) is 0 Å². The van der Waals surface area contributed by atoms with E-state index in [1.54, 1.807) is 4.90 Å². The van der Waals surface area contributed by atoms with Gasteiger partial charge in [-0.05, 0) is 37.8 Å². The third-order valence-electron chi connectivity index (χ3n) is 3.70. The van der Waals surface area contributed by atoms with Gasteiger partial charge in [-0.15, -0.1) is 0 Å². The van der Waals surface area contributed by atoms with E-state index in [2.05, 4.69) is 10.0 Å². The van der Waals surface area contributed by atoms with Crippen molar-refractivity contribution in [2.24, 2.45) is 11.0 Å². The van der Waals surface area contributed by atoms with E-state index >= 15 is 0 Å². The number of likely N-dealkylation sites (tertiary alicyclic amines) is 1. The van der Waals surface area contributed by atoms with Gasteiger partial charge < -0.3 is 9.64 Å².